The second kappa shape index (κ2) is 9.91. The van der Waals surface area contributed by atoms with E-state index in [0.29, 0.717) is 25.9 Å². The zero-order chi connectivity index (χ0) is 14.8. The monoisotopic (exact) mass is 283 g/mol. The Hall–Kier alpha value is -0.910. The minimum atomic E-state index is 0.323. The summed E-state index contributed by atoms with van der Waals surface area (Å²) in [7, 11) is 1.69. The Morgan fingerprint density at radius 3 is 2.70 bits per heavy atom. The number of ether oxygens (including phenoxy) is 2. The lowest BCUT2D eigenvalue weighted by molar-refractivity contribution is 0.0587. The summed E-state index contributed by atoms with van der Waals surface area (Å²) in [6.07, 6.45) is 1.93. The van der Waals surface area contributed by atoms with E-state index in [1.165, 1.54) is 5.69 Å². The molecule has 0 aliphatic rings. The molecule has 20 heavy (non-hydrogen) atoms. The molecule has 0 saturated heterocycles. The van der Waals surface area contributed by atoms with Crippen molar-refractivity contribution in [1.29, 1.82) is 0 Å². The summed E-state index contributed by atoms with van der Waals surface area (Å²) in [6.45, 7) is 10.2. The van der Waals surface area contributed by atoms with Crippen molar-refractivity contribution in [3.05, 3.63) is 17.5 Å². The minimum absolute atomic E-state index is 0.323. The zero-order valence-electron chi connectivity index (χ0n) is 13.3. The zero-order valence-corrected chi connectivity index (χ0v) is 13.3. The van der Waals surface area contributed by atoms with Crippen LogP contribution < -0.4 is 5.32 Å². The number of nitrogens with zero attached hydrogens (tertiary/aromatic N) is 2. The van der Waals surface area contributed by atoms with E-state index in [9.17, 15) is 0 Å². The molecule has 1 atom stereocenters. The normalized spacial score (nSPS) is 12.8. The second-order valence-electron chi connectivity index (χ2n) is 4.82. The third kappa shape index (κ3) is 5.61. The van der Waals surface area contributed by atoms with Crippen LogP contribution in [0.2, 0.25) is 0 Å². The molecule has 1 unspecified atom stereocenters. The van der Waals surface area contributed by atoms with E-state index in [4.69, 9.17) is 9.47 Å². The summed E-state index contributed by atoms with van der Waals surface area (Å²) < 4.78 is 12.7. The van der Waals surface area contributed by atoms with Crippen LogP contribution in [0.3, 0.4) is 0 Å². The molecule has 116 valence electrons. The van der Waals surface area contributed by atoms with Gasteiger partial charge in [-0.2, -0.15) is 5.10 Å². The Kier molecular flexibility index (Phi) is 8.49. The first-order valence-electron chi connectivity index (χ1n) is 7.60. The Bertz CT molecular complexity index is 366. The number of hydrogen-bond acceptors (Lipinski definition) is 4. The number of hydrogen-bond donors (Lipinski definition) is 1. The van der Waals surface area contributed by atoms with E-state index >= 15 is 0 Å². The van der Waals surface area contributed by atoms with Crippen molar-refractivity contribution in [2.24, 2.45) is 0 Å². The van der Waals surface area contributed by atoms with Gasteiger partial charge in [0.25, 0.3) is 0 Å². The van der Waals surface area contributed by atoms with Gasteiger partial charge in [-0.15, -0.1) is 0 Å². The Labute approximate surface area is 122 Å². The molecule has 5 nitrogen and oxygen atoms in total. The largest absolute Gasteiger partial charge is 0.382 e. The summed E-state index contributed by atoms with van der Waals surface area (Å²) in [6, 6.07) is 2.53. The molecule has 1 aromatic heterocycles. The van der Waals surface area contributed by atoms with Gasteiger partial charge in [0.2, 0.25) is 0 Å². The van der Waals surface area contributed by atoms with E-state index in [0.717, 1.165) is 31.6 Å². The van der Waals surface area contributed by atoms with E-state index in [1.807, 2.05) is 0 Å². The van der Waals surface area contributed by atoms with Gasteiger partial charge < -0.3 is 14.8 Å². The molecule has 0 fully saturated rings. The van der Waals surface area contributed by atoms with Gasteiger partial charge in [0, 0.05) is 31.8 Å². The lowest BCUT2D eigenvalue weighted by Gasteiger charge is -2.18. The van der Waals surface area contributed by atoms with Crippen molar-refractivity contribution >= 4 is 0 Å². The summed E-state index contributed by atoms with van der Waals surface area (Å²) in [5.41, 5.74) is 2.45. The molecule has 0 radical (unpaired) electrons. The molecule has 1 rings (SSSR count). The lowest BCUT2D eigenvalue weighted by Crippen LogP contribution is -2.36. The van der Waals surface area contributed by atoms with Gasteiger partial charge in [0.05, 0.1) is 25.5 Å². The van der Waals surface area contributed by atoms with E-state index < -0.39 is 0 Å². The number of rotatable bonds is 11. The summed E-state index contributed by atoms with van der Waals surface area (Å²) >= 11 is 0. The van der Waals surface area contributed by atoms with Crippen LogP contribution >= 0.6 is 0 Å². The van der Waals surface area contributed by atoms with Crippen LogP contribution in [0.15, 0.2) is 6.07 Å². The van der Waals surface area contributed by atoms with Crippen LogP contribution in [0, 0.1) is 0 Å². The van der Waals surface area contributed by atoms with Crippen molar-refractivity contribution in [2.75, 3.05) is 33.5 Å². The van der Waals surface area contributed by atoms with Crippen LogP contribution in [-0.2, 0) is 28.9 Å². The first kappa shape index (κ1) is 17.1. The van der Waals surface area contributed by atoms with Crippen molar-refractivity contribution in [3.8, 4) is 0 Å². The molecule has 0 saturated carbocycles. The van der Waals surface area contributed by atoms with Crippen LogP contribution in [0.1, 0.15) is 32.2 Å². The van der Waals surface area contributed by atoms with Gasteiger partial charge in [-0.25, -0.2) is 0 Å². The van der Waals surface area contributed by atoms with Crippen LogP contribution in [0.5, 0.6) is 0 Å². The second-order valence-corrected chi connectivity index (χ2v) is 4.82. The van der Waals surface area contributed by atoms with Gasteiger partial charge in [-0.05, 0) is 26.0 Å². The third-order valence-corrected chi connectivity index (χ3v) is 3.27. The van der Waals surface area contributed by atoms with Gasteiger partial charge in [0.1, 0.15) is 0 Å². The number of nitrogens with one attached hydrogen (secondary N) is 1. The van der Waals surface area contributed by atoms with Crippen LogP contribution in [0.25, 0.3) is 0 Å². The predicted molar refractivity (Wildman–Crippen MR) is 81.1 cm³/mol. The van der Waals surface area contributed by atoms with Gasteiger partial charge in [-0.1, -0.05) is 13.8 Å². The Morgan fingerprint density at radius 1 is 1.30 bits per heavy atom. The topological polar surface area (TPSA) is 48.3 Å². The summed E-state index contributed by atoms with van der Waals surface area (Å²) in [4.78, 5) is 0. The standard InChI is InChI=1S/C15H29N3O2/c1-5-13-10-15(18(7-3)17-13)11-14(16-6-2)12-20-9-8-19-4/h10,14,16H,5-9,11-12H2,1-4H3. The highest BCUT2D eigenvalue weighted by Gasteiger charge is 2.13. The van der Waals surface area contributed by atoms with Crippen molar-refractivity contribution in [3.63, 3.8) is 0 Å². The number of methoxy groups -OCH3 is 1. The Morgan fingerprint density at radius 2 is 2.10 bits per heavy atom. The first-order chi connectivity index (χ1) is 9.74. The number of aromatic nitrogens is 2. The molecule has 1 heterocycles. The molecule has 0 aliphatic heterocycles. The van der Waals surface area contributed by atoms with E-state index in [-0.39, 0.29) is 0 Å². The molecule has 1 N–H and O–H groups in total. The third-order valence-electron chi connectivity index (χ3n) is 3.27. The quantitative estimate of drug-likeness (QED) is 0.627. The fourth-order valence-corrected chi connectivity index (χ4v) is 2.22. The summed E-state index contributed by atoms with van der Waals surface area (Å²) in [5.74, 6) is 0. The molecule has 5 heteroatoms. The van der Waals surface area contributed by atoms with Gasteiger partial charge in [-0.3, -0.25) is 4.68 Å². The SMILES string of the molecule is CCNC(COCCOC)Cc1cc(CC)nn1CC. The van der Waals surface area contributed by atoms with E-state index in [2.05, 4.69) is 41.9 Å². The maximum absolute atomic E-state index is 5.65. The van der Waals surface area contributed by atoms with Gasteiger partial charge >= 0.3 is 0 Å². The highest BCUT2D eigenvalue weighted by atomic mass is 16.5. The van der Waals surface area contributed by atoms with Crippen LogP contribution in [-0.4, -0.2) is 49.3 Å². The Balaban J connectivity index is 2.57. The average molecular weight is 283 g/mol. The fraction of sp³-hybridized carbons (Fsp3) is 0.800. The highest BCUT2D eigenvalue weighted by molar-refractivity contribution is 5.12. The minimum Gasteiger partial charge on any atom is -0.382 e. The molecule has 0 aromatic carbocycles. The fourth-order valence-electron chi connectivity index (χ4n) is 2.22. The van der Waals surface area contributed by atoms with Crippen molar-refractivity contribution < 1.29 is 9.47 Å². The highest BCUT2D eigenvalue weighted by Crippen LogP contribution is 2.09. The average Bonchev–Trinajstić information content (AvgIpc) is 2.86. The van der Waals surface area contributed by atoms with Gasteiger partial charge in [0.15, 0.2) is 0 Å². The van der Waals surface area contributed by atoms with Crippen molar-refractivity contribution in [1.82, 2.24) is 15.1 Å². The van der Waals surface area contributed by atoms with Crippen LogP contribution in [0.4, 0.5) is 0 Å². The van der Waals surface area contributed by atoms with Crippen molar-refractivity contribution in [2.45, 2.75) is 46.2 Å². The molecular formula is C15H29N3O2. The summed E-state index contributed by atoms with van der Waals surface area (Å²) in [5, 5.41) is 8.08. The predicted octanol–water partition coefficient (Wildman–Crippen LogP) is 1.65. The maximum Gasteiger partial charge on any atom is 0.0701 e. The molecule has 0 bridgehead atoms. The first-order valence-corrected chi connectivity index (χ1v) is 7.60. The molecule has 1 aromatic rings. The number of aryl methyl sites for hydroxylation is 2. The molecule has 0 spiro atoms. The smallest absolute Gasteiger partial charge is 0.0701 e. The lowest BCUT2D eigenvalue weighted by atomic mass is 10.1. The molecule has 0 aliphatic carbocycles. The molecular weight excluding hydrogens is 254 g/mol. The number of likely N-dealkylation sites (N-methyl/N-ethyl adjacent to an activating group) is 1. The maximum atomic E-state index is 5.65. The molecule has 0 amide bonds. The van der Waals surface area contributed by atoms with E-state index in [1.54, 1.807) is 7.11 Å².